The van der Waals surface area contributed by atoms with Crippen molar-refractivity contribution in [1.82, 2.24) is 9.80 Å². The summed E-state index contributed by atoms with van der Waals surface area (Å²) in [6.45, 7) is 1.28. The average molecular weight is 381 g/mol. The van der Waals surface area contributed by atoms with Crippen LogP contribution in [0.4, 0.5) is 14.9 Å². The predicted molar refractivity (Wildman–Crippen MR) is 106 cm³/mol. The molecule has 0 aromatic heterocycles. The van der Waals surface area contributed by atoms with E-state index in [0.717, 1.165) is 24.0 Å². The van der Waals surface area contributed by atoms with Crippen molar-refractivity contribution < 1.29 is 14.0 Å². The van der Waals surface area contributed by atoms with E-state index in [0.29, 0.717) is 24.8 Å². The molecule has 2 aromatic rings. The molecule has 5 nitrogen and oxygen atoms in total. The van der Waals surface area contributed by atoms with Crippen molar-refractivity contribution in [1.29, 1.82) is 0 Å². The molecule has 1 aliphatic heterocycles. The fourth-order valence-electron chi connectivity index (χ4n) is 4.08. The van der Waals surface area contributed by atoms with E-state index in [1.165, 1.54) is 25.0 Å². The molecule has 1 saturated carbocycles. The molecular weight excluding hydrogens is 357 g/mol. The maximum atomic E-state index is 13.1. The van der Waals surface area contributed by atoms with Crippen molar-refractivity contribution in [2.45, 2.75) is 31.7 Å². The third-order valence-electron chi connectivity index (χ3n) is 5.60. The van der Waals surface area contributed by atoms with E-state index in [1.807, 2.05) is 29.2 Å². The minimum atomic E-state index is -0.283. The van der Waals surface area contributed by atoms with Crippen LogP contribution in [-0.2, 0) is 4.79 Å². The van der Waals surface area contributed by atoms with Gasteiger partial charge in [-0.15, -0.1) is 0 Å². The lowest BCUT2D eigenvalue weighted by Gasteiger charge is -2.37. The standard InChI is InChI=1S/C22H24FN3O2/c23-18-10-8-16(9-11-18)17-4-3-5-19(14-17)24-22(28)25-12-13-26(21(27)15-25)20-6-1-2-7-20/h3-5,8-11,14,20H,1-2,6-7,12-13,15H2,(H,24,28). The van der Waals surface area contributed by atoms with Crippen LogP contribution in [0.5, 0.6) is 0 Å². The number of nitrogens with one attached hydrogen (secondary N) is 1. The number of carbonyl (C=O) groups excluding carboxylic acids is 2. The molecule has 1 aliphatic carbocycles. The Bertz CT molecular complexity index is 862. The summed E-state index contributed by atoms with van der Waals surface area (Å²) in [6.07, 6.45) is 4.52. The van der Waals surface area contributed by atoms with Gasteiger partial charge in [-0.3, -0.25) is 4.79 Å². The molecule has 3 amide bonds. The van der Waals surface area contributed by atoms with Gasteiger partial charge >= 0.3 is 6.03 Å². The van der Waals surface area contributed by atoms with Gasteiger partial charge < -0.3 is 15.1 Å². The van der Waals surface area contributed by atoms with Gasteiger partial charge in [0, 0.05) is 24.8 Å². The molecule has 0 radical (unpaired) electrons. The van der Waals surface area contributed by atoms with Crippen LogP contribution in [0.15, 0.2) is 48.5 Å². The molecule has 2 aliphatic rings. The number of rotatable bonds is 3. The predicted octanol–water partition coefficient (Wildman–Crippen LogP) is 4.11. The van der Waals surface area contributed by atoms with Crippen LogP contribution in [0.2, 0.25) is 0 Å². The highest BCUT2D eigenvalue weighted by molar-refractivity contribution is 5.93. The zero-order chi connectivity index (χ0) is 19.5. The maximum absolute atomic E-state index is 13.1. The number of anilines is 1. The summed E-state index contributed by atoms with van der Waals surface area (Å²) < 4.78 is 13.1. The van der Waals surface area contributed by atoms with E-state index in [9.17, 15) is 14.0 Å². The Labute approximate surface area is 164 Å². The van der Waals surface area contributed by atoms with Crippen LogP contribution in [0.3, 0.4) is 0 Å². The highest BCUT2D eigenvalue weighted by Crippen LogP contribution is 2.26. The fourth-order valence-corrected chi connectivity index (χ4v) is 4.08. The number of nitrogens with zero attached hydrogens (tertiary/aromatic N) is 2. The quantitative estimate of drug-likeness (QED) is 0.870. The molecule has 146 valence electrons. The second-order valence-electron chi connectivity index (χ2n) is 7.46. The maximum Gasteiger partial charge on any atom is 0.322 e. The number of urea groups is 1. The molecule has 0 bridgehead atoms. The fraction of sp³-hybridized carbons (Fsp3) is 0.364. The molecule has 4 rings (SSSR count). The number of hydrogen-bond donors (Lipinski definition) is 1. The highest BCUT2D eigenvalue weighted by atomic mass is 19.1. The Kier molecular flexibility index (Phi) is 5.28. The topological polar surface area (TPSA) is 52.7 Å². The summed E-state index contributed by atoms with van der Waals surface area (Å²) >= 11 is 0. The zero-order valence-electron chi connectivity index (χ0n) is 15.7. The Morgan fingerprint density at radius 2 is 1.75 bits per heavy atom. The largest absolute Gasteiger partial charge is 0.336 e. The minimum absolute atomic E-state index is 0.0355. The molecule has 0 spiro atoms. The number of piperazine rings is 1. The molecular formula is C22H24FN3O2. The smallest absolute Gasteiger partial charge is 0.322 e. The molecule has 1 saturated heterocycles. The van der Waals surface area contributed by atoms with Gasteiger partial charge in [-0.2, -0.15) is 0 Å². The van der Waals surface area contributed by atoms with Gasteiger partial charge in [0.25, 0.3) is 0 Å². The first-order chi connectivity index (χ1) is 13.6. The molecule has 1 N–H and O–H groups in total. The first-order valence-electron chi connectivity index (χ1n) is 9.81. The lowest BCUT2D eigenvalue weighted by atomic mass is 10.1. The van der Waals surface area contributed by atoms with E-state index in [1.54, 1.807) is 17.0 Å². The van der Waals surface area contributed by atoms with Gasteiger partial charge in [0.05, 0.1) is 0 Å². The third kappa shape index (κ3) is 4.01. The molecule has 0 atom stereocenters. The summed E-state index contributed by atoms with van der Waals surface area (Å²) in [6, 6.07) is 13.7. The van der Waals surface area contributed by atoms with Crippen LogP contribution in [0.25, 0.3) is 11.1 Å². The van der Waals surface area contributed by atoms with Gasteiger partial charge in [-0.1, -0.05) is 37.1 Å². The van der Waals surface area contributed by atoms with Crippen molar-refractivity contribution in [3.05, 3.63) is 54.3 Å². The lowest BCUT2D eigenvalue weighted by Crippen LogP contribution is -2.55. The van der Waals surface area contributed by atoms with Crippen LogP contribution in [-0.4, -0.2) is 47.4 Å². The van der Waals surface area contributed by atoms with Gasteiger partial charge in [-0.05, 0) is 48.2 Å². The van der Waals surface area contributed by atoms with Gasteiger partial charge in [0.2, 0.25) is 5.91 Å². The number of hydrogen-bond acceptors (Lipinski definition) is 2. The normalized spacial score (nSPS) is 17.8. The molecule has 1 heterocycles. The lowest BCUT2D eigenvalue weighted by molar-refractivity contribution is -0.137. The summed E-state index contributed by atoms with van der Waals surface area (Å²) in [5.41, 5.74) is 2.41. The van der Waals surface area contributed by atoms with Gasteiger partial charge in [0.15, 0.2) is 0 Å². The Morgan fingerprint density at radius 1 is 1.00 bits per heavy atom. The monoisotopic (exact) mass is 381 g/mol. The second kappa shape index (κ2) is 8.00. The third-order valence-corrected chi connectivity index (χ3v) is 5.60. The van der Waals surface area contributed by atoms with Gasteiger partial charge in [-0.25, -0.2) is 9.18 Å². The van der Waals surface area contributed by atoms with Crippen molar-refractivity contribution >= 4 is 17.6 Å². The second-order valence-corrected chi connectivity index (χ2v) is 7.46. The molecule has 28 heavy (non-hydrogen) atoms. The Hall–Kier alpha value is -2.89. The summed E-state index contributed by atoms with van der Waals surface area (Å²) in [5, 5.41) is 2.88. The number of halogens is 1. The summed E-state index contributed by atoms with van der Waals surface area (Å²) in [7, 11) is 0. The highest BCUT2D eigenvalue weighted by Gasteiger charge is 2.32. The van der Waals surface area contributed by atoms with Crippen molar-refractivity contribution in [3.63, 3.8) is 0 Å². The molecule has 0 unspecified atom stereocenters. The van der Waals surface area contributed by atoms with Crippen molar-refractivity contribution in [2.24, 2.45) is 0 Å². The number of carbonyl (C=O) groups is 2. The van der Waals surface area contributed by atoms with Crippen LogP contribution < -0.4 is 5.32 Å². The molecule has 2 aromatic carbocycles. The molecule has 6 heteroatoms. The van der Waals surface area contributed by atoms with E-state index in [4.69, 9.17) is 0 Å². The van der Waals surface area contributed by atoms with E-state index in [2.05, 4.69) is 5.32 Å². The average Bonchev–Trinajstić information content (AvgIpc) is 3.23. The Balaban J connectivity index is 1.39. The van der Waals surface area contributed by atoms with Crippen LogP contribution in [0.1, 0.15) is 25.7 Å². The van der Waals surface area contributed by atoms with E-state index >= 15 is 0 Å². The van der Waals surface area contributed by atoms with Gasteiger partial charge in [0.1, 0.15) is 12.4 Å². The minimum Gasteiger partial charge on any atom is -0.336 e. The first-order valence-corrected chi connectivity index (χ1v) is 9.81. The summed E-state index contributed by atoms with van der Waals surface area (Å²) in [4.78, 5) is 28.6. The van der Waals surface area contributed by atoms with Crippen molar-refractivity contribution in [2.75, 3.05) is 25.0 Å². The zero-order valence-corrected chi connectivity index (χ0v) is 15.7. The van der Waals surface area contributed by atoms with Crippen LogP contribution in [0, 0.1) is 5.82 Å². The van der Waals surface area contributed by atoms with E-state index in [-0.39, 0.29) is 24.3 Å². The number of benzene rings is 2. The van der Waals surface area contributed by atoms with E-state index < -0.39 is 0 Å². The van der Waals surface area contributed by atoms with Crippen LogP contribution >= 0.6 is 0 Å². The summed E-state index contributed by atoms with van der Waals surface area (Å²) in [5.74, 6) is -0.247. The molecule has 2 fully saturated rings. The SMILES string of the molecule is O=C(Nc1cccc(-c2ccc(F)cc2)c1)N1CCN(C2CCCC2)C(=O)C1. The Morgan fingerprint density at radius 3 is 2.46 bits per heavy atom. The number of amides is 3. The van der Waals surface area contributed by atoms with Crippen molar-refractivity contribution in [3.8, 4) is 11.1 Å². The first kappa shape index (κ1) is 18.5.